The molecule has 1 fully saturated rings. The highest BCUT2D eigenvalue weighted by Gasteiger charge is 2.34. The number of alkyl carbamates (subject to hydrolysis) is 4. The maximum absolute atomic E-state index is 14.4. The number of carbonyl (C=O) groups excluding carboxylic acids is 9. The maximum atomic E-state index is 14.4. The molecule has 0 aromatic heterocycles. The van der Waals surface area contributed by atoms with Gasteiger partial charge in [0, 0.05) is 65.7 Å². The van der Waals surface area contributed by atoms with Gasteiger partial charge in [0.2, 0.25) is 0 Å². The molecular formula is C43H66N10O15Si. The molecule has 0 bridgehead atoms. The Labute approximate surface area is 401 Å². The van der Waals surface area contributed by atoms with Gasteiger partial charge < -0.3 is 76.0 Å². The van der Waals surface area contributed by atoms with E-state index in [0.717, 1.165) is 5.56 Å². The fourth-order valence-electron chi connectivity index (χ4n) is 5.74. The van der Waals surface area contributed by atoms with Gasteiger partial charge in [-0.2, -0.15) is 0 Å². The number of hydroxylamine groups is 2. The Morgan fingerprint density at radius 1 is 0.681 bits per heavy atom. The van der Waals surface area contributed by atoms with Crippen molar-refractivity contribution in [3.05, 3.63) is 67.3 Å². The van der Waals surface area contributed by atoms with Crippen LogP contribution in [0, 0.1) is 6.92 Å². The van der Waals surface area contributed by atoms with Crippen molar-refractivity contribution in [1.82, 2.24) is 52.5 Å². The van der Waals surface area contributed by atoms with E-state index < -0.39 is 87.1 Å². The van der Waals surface area contributed by atoms with Gasteiger partial charge >= 0.3 is 42.5 Å². The smallest absolute Gasteiger partial charge is 0.432 e. The molecule has 0 aliphatic carbocycles. The zero-order valence-corrected chi connectivity index (χ0v) is 40.7. The molecule has 11 amide bonds. The van der Waals surface area contributed by atoms with Crippen LogP contribution in [-0.4, -0.2) is 163 Å². The molecule has 26 heteroatoms. The summed E-state index contributed by atoms with van der Waals surface area (Å²) in [7, 11) is -0.111. The lowest BCUT2D eigenvalue weighted by Crippen LogP contribution is -2.58. The van der Waals surface area contributed by atoms with E-state index in [4.69, 9.17) is 28.5 Å². The van der Waals surface area contributed by atoms with Gasteiger partial charge in [0.05, 0.1) is 38.4 Å². The van der Waals surface area contributed by atoms with Gasteiger partial charge in [-0.25, -0.2) is 33.6 Å². The van der Waals surface area contributed by atoms with Gasteiger partial charge in [-0.1, -0.05) is 69.7 Å². The second-order valence-corrected chi connectivity index (χ2v) is 21.9. The largest absolute Gasteiger partial charge is 0.496 e. The van der Waals surface area contributed by atoms with E-state index in [1.807, 2.05) is 6.92 Å². The third kappa shape index (κ3) is 23.7. The minimum Gasteiger partial charge on any atom is -0.496 e. The molecule has 1 aliphatic heterocycles. The van der Waals surface area contributed by atoms with E-state index in [0.29, 0.717) is 22.4 Å². The van der Waals surface area contributed by atoms with Crippen molar-refractivity contribution < 1.29 is 71.7 Å². The number of aryl methyl sites for hydroxylation is 1. The van der Waals surface area contributed by atoms with Crippen molar-refractivity contribution in [3.63, 3.8) is 0 Å². The van der Waals surface area contributed by atoms with Crippen LogP contribution in [0.3, 0.4) is 0 Å². The number of nitrogens with one attached hydrogen (secondary N) is 8. The summed E-state index contributed by atoms with van der Waals surface area (Å²) in [5, 5.41) is 20.8. The second-order valence-electron chi connectivity index (χ2n) is 16.3. The minimum atomic E-state index is -1.54. The van der Waals surface area contributed by atoms with E-state index in [-0.39, 0.29) is 78.5 Å². The van der Waals surface area contributed by atoms with Crippen LogP contribution in [0.25, 0.3) is 0 Å². The molecule has 0 radical (unpaired) electrons. The number of hydrogen-bond acceptors (Lipinski definition) is 15. The summed E-state index contributed by atoms with van der Waals surface area (Å²) in [6, 6.07) is 1.13. The second kappa shape index (κ2) is 30.7. The Bertz CT molecular complexity index is 1950. The Balaban J connectivity index is 2.41. The van der Waals surface area contributed by atoms with Crippen molar-refractivity contribution in [2.75, 3.05) is 72.8 Å². The Kier molecular flexibility index (Phi) is 25.6. The number of benzene rings is 1. The average molecular weight is 991 g/mol. The standard InChI is InChI=1S/C43H66N10O15Si/c1-9-16-64-39(58)46-24-31(50-37(56)44-22-32(25-47-40(59)65-17-10-2)51-43(62)67-19-20-69(6,7)8)23-45-38(57)52(28-30-13-12-29(4)21-34(30)63-5)33(26-48-41(60)66-18-11-3)27-49-42(61)68-53-35(54)14-15-36(53)55/h9-13,21,31-33H,1-3,14-20,22-28H2,4-8H3,(H,45,57)(H,46,58)(H,47,59)(H,48,60)(H,49,61)(H,51,62)(H2,44,50,56)/t31-,32-,33+/m1/s1. The number of imide groups is 1. The topological polar surface area (TPSA) is 312 Å². The quantitative estimate of drug-likeness (QED) is 0.0259. The molecule has 1 aromatic rings. The highest BCUT2D eigenvalue weighted by Crippen LogP contribution is 2.23. The molecule has 3 atom stereocenters. The third-order valence-electron chi connectivity index (χ3n) is 9.36. The average Bonchev–Trinajstić information content (AvgIpc) is 3.62. The first kappa shape index (κ1) is 57.6. The molecule has 1 heterocycles. The highest BCUT2D eigenvalue weighted by molar-refractivity contribution is 6.76. The van der Waals surface area contributed by atoms with Crippen LogP contribution in [0.4, 0.5) is 33.6 Å². The van der Waals surface area contributed by atoms with E-state index in [9.17, 15) is 43.2 Å². The fraction of sp³-hybridized carbons (Fsp3) is 0.512. The number of carbonyl (C=O) groups is 9. The number of urea groups is 2. The van der Waals surface area contributed by atoms with Gasteiger partial charge in [-0.15, -0.1) is 5.06 Å². The van der Waals surface area contributed by atoms with Gasteiger partial charge in [-0.3, -0.25) is 9.59 Å². The zero-order valence-electron chi connectivity index (χ0n) is 39.7. The zero-order chi connectivity index (χ0) is 51.4. The van der Waals surface area contributed by atoms with Crippen LogP contribution in [0.1, 0.15) is 24.0 Å². The van der Waals surface area contributed by atoms with E-state index in [2.05, 4.69) is 81.9 Å². The van der Waals surface area contributed by atoms with Crippen LogP contribution in [-0.2, 0) is 39.9 Å². The van der Waals surface area contributed by atoms with Crippen LogP contribution in [0.15, 0.2) is 56.2 Å². The molecule has 8 N–H and O–H groups in total. The predicted molar refractivity (Wildman–Crippen MR) is 251 cm³/mol. The molecule has 382 valence electrons. The van der Waals surface area contributed by atoms with Crippen molar-refractivity contribution in [3.8, 4) is 5.75 Å². The summed E-state index contributed by atoms with van der Waals surface area (Å²) in [6.07, 6.45) is -0.849. The SMILES string of the molecule is C=CCOC(=O)NC[C@@H](CNC(=O)N(Cc1ccc(C)cc1OC)[C@@H](CNC(=O)OCC=C)CNC(=O)ON1C(=O)CCC1=O)NC(=O)NC[C@H](CNC(=O)OCC=C)NC(=O)OCC[Si](C)(C)C. The molecular weight excluding hydrogens is 925 g/mol. The molecule has 0 saturated carbocycles. The highest BCUT2D eigenvalue weighted by atomic mass is 28.3. The summed E-state index contributed by atoms with van der Waals surface area (Å²) >= 11 is 0. The van der Waals surface area contributed by atoms with Gasteiger partial charge in [0.1, 0.15) is 25.6 Å². The van der Waals surface area contributed by atoms with E-state index in [1.54, 1.807) is 18.2 Å². The monoisotopic (exact) mass is 990 g/mol. The Hall–Kier alpha value is -7.51. The van der Waals surface area contributed by atoms with Crippen molar-refractivity contribution in [1.29, 1.82) is 0 Å². The Morgan fingerprint density at radius 3 is 1.70 bits per heavy atom. The number of nitrogens with zero attached hydrogens (tertiary/aromatic N) is 2. The van der Waals surface area contributed by atoms with Crippen LogP contribution in [0.2, 0.25) is 25.7 Å². The normalized spacial score (nSPS) is 13.1. The number of hydrogen-bond donors (Lipinski definition) is 8. The molecule has 1 aliphatic rings. The van der Waals surface area contributed by atoms with Crippen molar-refractivity contribution in [2.24, 2.45) is 0 Å². The summed E-state index contributed by atoms with van der Waals surface area (Å²) < 4.78 is 25.9. The summed E-state index contributed by atoms with van der Waals surface area (Å²) in [5.74, 6) is -1.07. The van der Waals surface area contributed by atoms with Crippen LogP contribution < -0.4 is 47.3 Å². The minimum absolute atomic E-state index is 0.0761. The number of ether oxygens (including phenoxy) is 5. The fourth-order valence-corrected chi connectivity index (χ4v) is 6.46. The first-order valence-corrected chi connectivity index (χ1v) is 25.5. The van der Waals surface area contributed by atoms with Crippen LogP contribution in [0.5, 0.6) is 5.75 Å². The summed E-state index contributed by atoms with van der Waals surface area (Å²) in [5.41, 5.74) is 1.32. The van der Waals surface area contributed by atoms with E-state index >= 15 is 0 Å². The molecule has 69 heavy (non-hydrogen) atoms. The van der Waals surface area contributed by atoms with Crippen molar-refractivity contribution in [2.45, 2.75) is 70.1 Å². The third-order valence-corrected chi connectivity index (χ3v) is 11.1. The molecule has 0 spiro atoms. The lowest BCUT2D eigenvalue weighted by atomic mass is 10.1. The van der Waals surface area contributed by atoms with Gasteiger partial charge in [-0.05, 0) is 24.6 Å². The molecule has 0 unspecified atom stereocenters. The molecule has 1 aromatic carbocycles. The number of rotatable bonds is 28. The molecule has 25 nitrogen and oxygen atoms in total. The van der Waals surface area contributed by atoms with Crippen molar-refractivity contribution >= 4 is 62.4 Å². The summed E-state index contributed by atoms with van der Waals surface area (Å²) in [4.78, 5) is 121. The molecule has 2 rings (SSSR count). The predicted octanol–water partition coefficient (Wildman–Crippen LogP) is 2.51. The van der Waals surface area contributed by atoms with Gasteiger partial charge in [0.25, 0.3) is 11.8 Å². The van der Waals surface area contributed by atoms with Gasteiger partial charge in [0.15, 0.2) is 0 Å². The first-order chi connectivity index (χ1) is 32.8. The summed E-state index contributed by atoms with van der Waals surface area (Å²) in [6.45, 7) is 16.4. The van der Waals surface area contributed by atoms with Crippen LogP contribution >= 0.6 is 0 Å². The molecule has 1 saturated heterocycles. The van der Waals surface area contributed by atoms with E-state index in [1.165, 1.54) is 30.2 Å². The lowest BCUT2D eigenvalue weighted by Gasteiger charge is -2.33. The first-order valence-electron chi connectivity index (χ1n) is 21.8. The number of methoxy groups -OCH3 is 1. The number of amides is 11. The Morgan fingerprint density at radius 2 is 1.17 bits per heavy atom. The lowest BCUT2D eigenvalue weighted by molar-refractivity contribution is -0.171. The maximum Gasteiger partial charge on any atom is 0.432 e.